The summed E-state index contributed by atoms with van der Waals surface area (Å²) < 4.78 is 16.0. The Bertz CT molecular complexity index is 609. The molecular formula is C15H16N2O3. The minimum absolute atomic E-state index is 0.0591. The van der Waals surface area contributed by atoms with Gasteiger partial charge in [-0.3, -0.25) is 5.41 Å². The SMILES string of the molecule is COc1ccc(Oc2cc(OC)ccc2C(=N)N)cc1. The highest BCUT2D eigenvalue weighted by Gasteiger charge is 2.09. The van der Waals surface area contributed by atoms with E-state index in [9.17, 15) is 0 Å². The second kappa shape index (κ2) is 5.97. The molecule has 2 aromatic rings. The number of hydrogen-bond acceptors (Lipinski definition) is 4. The fourth-order valence-corrected chi connectivity index (χ4v) is 1.71. The summed E-state index contributed by atoms with van der Waals surface area (Å²) in [7, 11) is 3.17. The topological polar surface area (TPSA) is 77.6 Å². The molecule has 0 amide bonds. The maximum absolute atomic E-state index is 7.57. The molecule has 0 saturated heterocycles. The zero-order chi connectivity index (χ0) is 14.5. The van der Waals surface area contributed by atoms with E-state index in [1.54, 1.807) is 56.7 Å². The van der Waals surface area contributed by atoms with Crippen LogP contribution in [-0.2, 0) is 0 Å². The maximum Gasteiger partial charge on any atom is 0.142 e. The number of ether oxygens (including phenoxy) is 3. The molecule has 0 unspecified atom stereocenters. The molecule has 0 atom stereocenters. The molecule has 0 heterocycles. The summed E-state index contributed by atoms with van der Waals surface area (Å²) >= 11 is 0. The van der Waals surface area contributed by atoms with Gasteiger partial charge in [0.1, 0.15) is 28.8 Å². The minimum Gasteiger partial charge on any atom is -0.497 e. The summed E-state index contributed by atoms with van der Waals surface area (Å²) in [6.07, 6.45) is 0. The molecule has 5 heteroatoms. The van der Waals surface area contributed by atoms with Gasteiger partial charge in [0.15, 0.2) is 0 Å². The molecule has 104 valence electrons. The van der Waals surface area contributed by atoms with Gasteiger partial charge in [-0.25, -0.2) is 0 Å². The van der Waals surface area contributed by atoms with Gasteiger partial charge in [0, 0.05) is 6.07 Å². The number of benzene rings is 2. The summed E-state index contributed by atoms with van der Waals surface area (Å²) in [5.41, 5.74) is 6.06. The third kappa shape index (κ3) is 3.00. The standard InChI is InChI=1S/C15H16N2O3/c1-18-10-3-5-11(6-4-10)20-14-9-12(19-2)7-8-13(14)15(16)17/h3-9H,1-2H3,(H3,16,17). The van der Waals surface area contributed by atoms with Gasteiger partial charge in [0.05, 0.1) is 19.8 Å². The fraction of sp³-hybridized carbons (Fsp3) is 0.133. The predicted octanol–water partition coefficient (Wildman–Crippen LogP) is 2.78. The van der Waals surface area contributed by atoms with Crippen LogP contribution in [0.25, 0.3) is 0 Å². The van der Waals surface area contributed by atoms with Crippen LogP contribution in [0.2, 0.25) is 0 Å². The molecule has 0 fully saturated rings. The van der Waals surface area contributed by atoms with Gasteiger partial charge < -0.3 is 19.9 Å². The Kier molecular flexibility index (Phi) is 4.10. The summed E-state index contributed by atoms with van der Waals surface area (Å²) in [5, 5.41) is 7.57. The molecular weight excluding hydrogens is 256 g/mol. The van der Waals surface area contributed by atoms with Gasteiger partial charge in [-0.05, 0) is 36.4 Å². The molecule has 0 bridgehead atoms. The lowest BCUT2D eigenvalue weighted by molar-refractivity contribution is 0.407. The summed E-state index contributed by atoms with van der Waals surface area (Å²) in [6.45, 7) is 0. The number of methoxy groups -OCH3 is 2. The predicted molar refractivity (Wildman–Crippen MR) is 77.1 cm³/mol. The lowest BCUT2D eigenvalue weighted by atomic mass is 10.1. The first-order chi connectivity index (χ1) is 9.63. The Morgan fingerprint density at radius 3 is 2.00 bits per heavy atom. The molecule has 0 aliphatic rings. The van der Waals surface area contributed by atoms with Crippen LogP contribution in [-0.4, -0.2) is 20.1 Å². The van der Waals surface area contributed by atoms with E-state index in [4.69, 9.17) is 25.4 Å². The molecule has 2 aromatic carbocycles. The number of nitrogen functional groups attached to an aromatic ring is 1. The Morgan fingerprint density at radius 2 is 1.45 bits per heavy atom. The third-order valence-electron chi connectivity index (χ3n) is 2.77. The van der Waals surface area contributed by atoms with Crippen molar-refractivity contribution in [3.05, 3.63) is 48.0 Å². The van der Waals surface area contributed by atoms with Crippen LogP contribution in [0.15, 0.2) is 42.5 Å². The molecule has 2 rings (SSSR count). The summed E-state index contributed by atoms with van der Waals surface area (Å²) in [5.74, 6) is 2.42. The molecule has 3 N–H and O–H groups in total. The van der Waals surface area contributed by atoms with Gasteiger partial charge in [0.2, 0.25) is 0 Å². The summed E-state index contributed by atoms with van der Waals surface area (Å²) in [6, 6.07) is 12.3. The van der Waals surface area contributed by atoms with Crippen molar-refractivity contribution in [1.82, 2.24) is 0 Å². The largest absolute Gasteiger partial charge is 0.497 e. The second-order valence-electron chi connectivity index (χ2n) is 4.05. The number of rotatable bonds is 5. The Labute approximate surface area is 117 Å². The van der Waals surface area contributed by atoms with Crippen molar-refractivity contribution in [3.8, 4) is 23.0 Å². The van der Waals surface area contributed by atoms with E-state index in [-0.39, 0.29) is 5.84 Å². The van der Waals surface area contributed by atoms with Crippen molar-refractivity contribution >= 4 is 5.84 Å². The van der Waals surface area contributed by atoms with Gasteiger partial charge in [-0.15, -0.1) is 0 Å². The van der Waals surface area contributed by atoms with E-state index in [0.29, 0.717) is 22.8 Å². The highest BCUT2D eigenvalue weighted by molar-refractivity contribution is 5.97. The van der Waals surface area contributed by atoms with Crippen LogP contribution in [0.5, 0.6) is 23.0 Å². The lowest BCUT2D eigenvalue weighted by Crippen LogP contribution is -2.12. The van der Waals surface area contributed by atoms with Crippen LogP contribution in [0.4, 0.5) is 0 Å². The van der Waals surface area contributed by atoms with Gasteiger partial charge >= 0.3 is 0 Å². The minimum atomic E-state index is -0.0591. The number of nitrogens with two attached hydrogens (primary N) is 1. The van der Waals surface area contributed by atoms with E-state index >= 15 is 0 Å². The molecule has 0 spiro atoms. The van der Waals surface area contributed by atoms with E-state index in [1.807, 2.05) is 0 Å². The first-order valence-electron chi connectivity index (χ1n) is 5.98. The fourth-order valence-electron chi connectivity index (χ4n) is 1.71. The van der Waals surface area contributed by atoms with E-state index in [0.717, 1.165) is 5.75 Å². The lowest BCUT2D eigenvalue weighted by Gasteiger charge is -2.12. The summed E-state index contributed by atoms with van der Waals surface area (Å²) in [4.78, 5) is 0. The van der Waals surface area contributed by atoms with Crippen molar-refractivity contribution in [2.45, 2.75) is 0 Å². The molecule has 0 radical (unpaired) electrons. The molecule has 0 saturated carbocycles. The monoisotopic (exact) mass is 272 g/mol. The second-order valence-corrected chi connectivity index (χ2v) is 4.05. The smallest absolute Gasteiger partial charge is 0.142 e. The Balaban J connectivity index is 2.32. The Morgan fingerprint density at radius 1 is 0.900 bits per heavy atom. The quantitative estimate of drug-likeness (QED) is 0.648. The molecule has 5 nitrogen and oxygen atoms in total. The molecule has 0 aliphatic carbocycles. The van der Waals surface area contributed by atoms with Crippen LogP contribution in [0.3, 0.4) is 0 Å². The van der Waals surface area contributed by atoms with Gasteiger partial charge in [0.25, 0.3) is 0 Å². The van der Waals surface area contributed by atoms with Crippen LogP contribution in [0, 0.1) is 5.41 Å². The van der Waals surface area contributed by atoms with Crippen LogP contribution in [0.1, 0.15) is 5.56 Å². The van der Waals surface area contributed by atoms with Gasteiger partial charge in [-0.2, -0.15) is 0 Å². The number of hydrogen-bond donors (Lipinski definition) is 2. The van der Waals surface area contributed by atoms with Crippen molar-refractivity contribution in [2.75, 3.05) is 14.2 Å². The van der Waals surface area contributed by atoms with E-state index in [2.05, 4.69) is 0 Å². The number of nitrogens with one attached hydrogen (secondary N) is 1. The first-order valence-corrected chi connectivity index (χ1v) is 5.98. The maximum atomic E-state index is 7.57. The average molecular weight is 272 g/mol. The average Bonchev–Trinajstić information content (AvgIpc) is 2.47. The van der Waals surface area contributed by atoms with E-state index < -0.39 is 0 Å². The van der Waals surface area contributed by atoms with Crippen molar-refractivity contribution < 1.29 is 14.2 Å². The zero-order valence-corrected chi connectivity index (χ0v) is 11.3. The van der Waals surface area contributed by atoms with Gasteiger partial charge in [-0.1, -0.05) is 0 Å². The van der Waals surface area contributed by atoms with Crippen molar-refractivity contribution in [2.24, 2.45) is 5.73 Å². The van der Waals surface area contributed by atoms with Crippen LogP contribution >= 0.6 is 0 Å². The number of amidine groups is 1. The first kappa shape index (κ1) is 13.7. The molecule has 0 aliphatic heterocycles. The third-order valence-corrected chi connectivity index (χ3v) is 2.77. The van der Waals surface area contributed by atoms with Crippen molar-refractivity contribution in [1.29, 1.82) is 5.41 Å². The van der Waals surface area contributed by atoms with Crippen LogP contribution < -0.4 is 19.9 Å². The Hall–Kier alpha value is -2.69. The van der Waals surface area contributed by atoms with Crippen molar-refractivity contribution in [3.63, 3.8) is 0 Å². The zero-order valence-electron chi connectivity index (χ0n) is 11.3. The van der Waals surface area contributed by atoms with E-state index in [1.165, 1.54) is 0 Å². The highest BCUT2D eigenvalue weighted by atomic mass is 16.5. The molecule has 0 aromatic heterocycles. The normalized spacial score (nSPS) is 9.90. The molecule has 20 heavy (non-hydrogen) atoms. The highest BCUT2D eigenvalue weighted by Crippen LogP contribution is 2.30.